The molecule has 14 heavy (non-hydrogen) atoms. The van der Waals surface area contributed by atoms with Crippen LogP contribution in [0.2, 0.25) is 0 Å². The Balaban J connectivity index is 2.43. The molecule has 1 atom stereocenters. The highest BCUT2D eigenvalue weighted by molar-refractivity contribution is 5.73. The van der Waals surface area contributed by atoms with Gasteiger partial charge >= 0.3 is 5.97 Å². The molecule has 0 spiro atoms. The smallest absolute Gasteiger partial charge is 0.320 e. The maximum Gasteiger partial charge on any atom is 0.320 e. The number of hydrogen-bond donors (Lipinski definition) is 2. The topological polar surface area (TPSA) is 67.2 Å². The first-order valence-electron chi connectivity index (χ1n) is 4.52. The lowest BCUT2D eigenvalue weighted by molar-refractivity contribution is -0.139. The molecule has 0 aliphatic rings. The lowest BCUT2D eigenvalue weighted by Crippen LogP contribution is -2.34. The van der Waals surface area contributed by atoms with Crippen LogP contribution >= 0.6 is 0 Å². The highest BCUT2D eigenvalue weighted by atomic mass is 16.4. The average Bonchev–Trinajstić information content (AvgIpc) is 2.52. The third-order valence-corrected chi connectivity index (χ3v) is 2.06. The second kappa shape index (κ2) is 4.76. The second-order valence-electron chi connectivity index (χ2n) is 3.25. The van der Waals surface area contributed by atoms with Crippen molar-refractivity contribution in [1.29, 1.82) is 0 Å². The van der Waals surface area contributed by atoms with E-state index in [0.717, 1.165) is 5.56 Å². The zero-order valence-corrected chi connectivity index (χ0v) is 8.40. The Morgan fingerprint density at radius 1 is 1.79 bits per heavy atom. The number of aliphatic carboxylic acids is 1. The van der Waals surface area contributed by atoms with E-state index in [1.807, 2.05) is 13.1 Å². The van der Waals surface area contributed by atoms with Crippen LogP contribution in [0.5, 0.6) is 0 Å². The summed E-state index contributed by atoms with van der Waals surface area (Å²) in [6.45, 7) is 2.57. The van der Waals surface area contributed by atoms with E-state index in [-0.39, 0.29) is 0 Å². The molecule has 1 rings (SSSR count). The van der Waals surface area contributed by atoms with Gasteiger partial charge in [-0.1, -0.05) is 0 Å². The number of nitrogens with one attached hydrogen (secondary N) is 1. The van der Waals surface area contributed by atoms with Gasteiger partial charge in [-0.3, -0.25) is 9.48 Å². The van der Waals surface area contributed by atoms with Crippen LogP contribution < -0.4 is 5.32 Å². The number of likely N-dealkylation sites (N-methyl/N-ethyl adjacent to an activating group) is 1. The van der Waals surface area contributed by atoms with Gasteiger partial charge in [-0.15, -0.1) is 0 Å². The van der Waals surface area contributed by atoms with E-state index in [1.165, 1.54) is 0 Å². The number of nitrogens with zero attached hydrogens (tertiary/aromatic N) is 2. The third-order valence-electron chi connectivity index (χ3n) is 2.06. The van der Waals surface area contributed by atoms with Gasteiger partial charge in [-0.2, -0.15) is 5.10 Å². The SMILES string of the molecule is CNC(CCn1cc(C)cn1)C(=O)O. The minimum absolute atomic E-state index is 0.500. The number of carbonyl (C=O) groups is 1. The van der Waals surface area contributed by atoms with Crippen molar-refractivity contribution in [2.24, 2.45) is 0 Å². The Kier molecular flexibility index (Phi) is 3.64. The quantitative estimate of drug-likeness (QED) is 0.710. The van der Waals surface area contributed by atoms with Crippen LogP contribution in [-0.4, -0.2) is 33.9 Å². The van der Waals surface area contributed by atoms with Crippen molar-refractivity contribution in [3.8, 4) is 0 Å². The van der Waals surface area contributed by atoms with E-state index < -0.39 is 12.0 Å². The van der Waals surface area contributed by atoms with Crippen LogP contribution in [0.1, 0.15) is 12.0 Å². The molecule has 1 unspecified atom stereocenters. The molecule has 0 aliphatic carbocycles. The summed E-state index contributed by atoms with van der Waals surface area (Å²) in [5.41, 5.74) is 1.08. The maximum absolute atomic E-state index is 10.7. The lowest BCUT2D eigenvalue weighted by atomic mass is 10.2. The standard InChI is InChI=1S/C9H15N3O2/c1-7-5-11-12(6-7)4-3-8(10-2)9(13)14/h5-6,8,10H,3-4H2,1-2H3,(H,13,14). The second-order valence-corrected chi connectivity index (χ2v) is 3.25. The molecule has 1 heterocycles. The molecule has 0 bridgehead atoms. The van der Waals surface area contributed by atoms with Crippen molar-refractivity contribution in [3.05, 3.63) is 18.0 Å². The molecule has 5 nitrogen and oxygen atoms in total. The van der Waals surface area contributed by atoms with Crippen molar-refractivity contribution >= 4 is 5.97 Å². The van der Waals surface area contributed by atoms with Gasteiger partial charge in [0.15, 0.2) is 0 Å². The van der Waals surface area contributed by atoms with Gasteiger partial charge in [-0.25, -0.2) is 0 Å². The minimum atomic E-state index is -0.823. The van der Waals surface area contributed by atoms with Crippen LogP contribution in [0.3, 0.4) is 0 Å². The molecular formula is C9H15N3O2. The summed E-state index contributed by atoms with van der Waals surface area (Å²) in [5, 5.41) is 15.6. The van der Waals surface area contributed by atoms with Gasteiger partial charge in [0.2, 0.25) is 0 Å². The fourth-order valence-corrected chi connectivity index (χ4v) is 1.24. The van der Waals surface area contributed by atoms with Crippen LogP contribution in [0.4, 0.5) is 0 Å². The maximum atomic E-state index is 10.7. The Morgan fingerprint density at radius 3 is 2.93 bits per heavy atom. The fraction of sp³-hybridized carbons (Fsp3) is 0.556. The molecule has 5 heteroatoms. The van der Waals surface area contributed by atoms with E-state index in [0.29, 0.717) is 13.0 Å². The highest BCUT2D eigenvalue weighted by Gasteiger charge is 2.14. The molecule has 0 aromatic carbocycles. The summed E-state index contributed by atoms with van der Waals surface area (Å²) in [6.07, 6.45) is 4.19. The van der Waals surface area contributed by atoms with Crippen molar-refractivity contribution < 1.29 is 9.90 Å². The van der Waals surface area contributed by atoms with Gasteiger partial charge < -0.3 is 10.4 Å². The first kappa shape index (κ1) is 10.7. The molecule has 1 aromatic heterocycles. The monoisotopic (exact) mass is 197 g/mol. The minimum Gasteiger partial charge on any atom is -0.480 e. The van der Waals surface area contributed by atoms with Crippen LogP contribution in [0.15, 0.2) is 12.4 Å². The zero-order valence-electron chi connectivity index (χ0n) is 8.40. The first-order chi connectivity index (χ1) is 6.63. The summed E-state index contributed by atoms with van der Waals surface area (Å²) in [6, 6.07) is -0.500. The van der Waals surface area contributed by atoms with Gasteiger partial charge in [0.05, 0.1) is 6.20 Å². The van der Waals surface area contributed by atoms with Gasteiger partial charge in [0, 0.05) is 12.7 Å². The van der Waals surface area contributed by atoms with Crippen LogP contribution in [-0.2, 0) is 11.3 Å². The predicted molar refractivity (Wildman–Crippen MR) is 52.1 cm³/mol. The molecule has 0 saturated heterocycles. The zero-order chi connectivity index (χ0) is 10.6. The Hall–Kier alpha value is -1.36. The number of aryl methyl sites for hydroxylation is 2. The van der Waals surface area contributed by atoms with E-state index in [9.17, 15) is 4.79 Å². The summed E-state index contributed by atoms with van der Waals surface area (Å²) in [7, 11) is 1.65. The summed E-state index contributed by atoms with van der Waals surface area (Å²) in [5.74, 6) is -0.823. The molecule has 0 aliphatic heterocycles. The molecule has 78 valence electrons. The molecule has 0 radical (unpaired) electrons. The van der Waals surface area contributed by atoms with Gasteiger partial charge in [0.1, 0.15) is 6.04 Å². The van der Waals surface area contributed by atoms with E-state index >= 15 is 0 Å². The van der Waals surface area contributed by atoms with Crippen molar-refractivity contribution in [1.82, 2.24) is 15.1 Å². The van der Waals surface area contributed by atoms with Crippen LogP contribution in [0, 0.1) is 6.92 Å². The molecular weight excluding hydrogens is 182 g/mol. The molecule has 2 N–H and O–H groups in total. The normalized spacial score (nSPS) is 12.7. The number of carboxylic acids is 1. The average molecular weight is 197 g/mol. The number of hydrogen-bond acceptors (Lipinski definition) is 3. The lowest BCUT2D eigenvalue weighted by Gasteiger charge is -2.10. The summed E-state index contributed by atoms with van der Waals surface area (Å²) >= 11 is 0. The van der Waals surface area contributed by atoms with Gasteiger partial charge in [-0.05, 0) is 26.0 Å². The predicted octanol–water partition coefficient (Wildman–Crippen LogP) is 0.254. The number of aromatic nitrogens is 2. The number of rotatable bonds is 5. The number of carboxylic acid groups (broad SMARTS) is 1. The molecule has 0 saturated carbocycles. The third kappa shape index (κ3) is 2.85. The van der Waals surface area contributed by atoms with Gasteiger partial charge in [0.25, 0.3) is 0 Å². The largest absolute Gasteiger partial charge is 0.480 e. The molecule has 0 fully saturated rings. The van der Waals surface area contributed by atoms with Crippen molar-refractivity contribution in [2.75, 3.05) is 7.05 Å². The molecule has 0 amide bonds. The Morgan fingerprint density at radius 2 is 2.50 bits per heavy atom. The van der Waals surface area contributed by atoms with E-state index in [1.54, 1.807) is 17.9 Å². The Bertz CT molecular complexity index is 309. The van der Waals surface area contributed by atoms with E-state index in [2.05, 4.69) is 10.4 Å². The first-order valence-corrected chi connectivity index (χ1v) is 4.52. The van der Waals surface area contributed by atoms with Crippen molar-refractivity contribution in [3.63, 3.8) is 0 Å². The summed E-state index contributed by atoms with van der Waals surface area (Å²) in [4.78, 5) is 10.7. The summed E-state index contributed by atoms with van der Waals surface area (Å²) < 4.78 is 1.75. The highest BCUT2D eigenvalue weighted by Crippen LogP contribution is 1.99. The van der Waals surface area contributed by atoms with E-state index in [4.69, 9.17) is 5.11 Å². The Labute approximate surface area is 82.7 Å². The molecule has 1 aromatic rings. The fourth-order valence-electron chi connectivity index (χ4n) is 1.24. The van der Waals surface area contributed by atoms with Crippen molar-refractivity contribution in [2.45, 2.75) is 25.9 Å². The van der Waals surface area contributed by atoms with Crippen LogP contribution in [0.25, 0.3) is 0 Å².